The van der Waals surface area contributed by atoms with Crippen molar-refractivity contribution in [1.29, 1.82) is 0 Å². The van der Waals surface area contributed by atoms with Gasteiger partial charge < -0.3 is 10.0 Å². The normalized spacial score (nSPS) is 16.8. The zero-order chi connectivity index (χ0) is 20.8. The molecule has 0 radical (unpaired) electrons. The molecule has 1 fully saturated rings. The molecule has 0 saturated heterocycles. The number of H-pyrrole nitrogens is 1. The second kappa shape index (κ2) is 7.54. The highest BCUT2D eigenvalue weighted by molar-refractivity contribution is 9.10. The van der Waals surface area contributed by atoms with E-state index in [9.17, 15) is 14.7 Å². The third kappa shape index (κ3) is 3.31. The lowest BCUT2D eigenvalue weighted by molar-refractivity contribution is 0.0748. The SMILES string of the molecule is O=C(c1n[nH]c2cc(O)c(C(=O)N3Cc4ccc(Br)cc4C3)cc12)C1CCCCC1. The van der Waals surface area contributed by atoms with E-state index in [-0.39, 0.29) is 28.9 Å². The van der Waals surface area contributed by atoms with Gasteiger partial charge in [0.15, 0.2) is 5.78 Å². The number of aromatic nitrogens is 2. The van der Waals surface area contributed by atoms with Gasteiger partial charge in [0.05, 0.1) is 11.1 Å². The van der Waals surface area contributed by atoms with Crippen LogP contribution in [-0.2, 0) is 13.1 Å². The van der Waals surface area contributed by atoms with Gasteiger partial charge in [0.25, 0.3) is 5.91 Å². The fourth-order valence-corrected chi connectivity index (χ4v) is 5.06. The van der Waals surface area contributed by atoms with Gasteiger partial charge in [0, 0.05) is 34.9 Å². The lowest BCUT2D eigenvalue weighted by atomic mass is 9.84. The number of nitrogens with one attached hydrogen (secondary N) is 1. The lowest BCUT2D eigenvalue weighted by Gasteiger charge is -2.19. The van der Waals surface area contributed by atoms with Crippen LogP contribution in [0.1, 0.15) is 64.1 Å². The summed E-state index contributed by atoms with van der Waals surface area (Å²) in [6, 6.07) is 9.10. The third-order valence-corrected chi connectivity index (χ3v) is 6.79. The number of fused-ring (bicyclic) bond motifs is 2. The smallest absolute Gasteiger partial charge is 0.258 e. The van der Waals surface area contributed by atoms with E-state index in [4.69, 9.17) is 0 Å². The second-order valence-electron chi connectivity index (χ2n) is 8.26. The molecule has 1 amide bonds. The van der Waals surface area contributed by atoms with Crippen molar-refractivity contribution in [3.05, 3.63) is 57.2 Å². The highest BCUT2D eigenvalue weighted by Gasteiger charge is 2.29. The van der Waals surface area contributed by atoms with Crippen molar-refractivity contribution in [2.45, 2.75) is 45.2 Å². The lowest BCUT2D eigenvalue weighted by Crippen LogP contribution is -2.25. The summed E-state index contributed by atoms with van der Waals surface area (Å²) in [5, 5.41) is 18.2. The Morgan fingerprint density at radius 1 is 1.07 bits per heavy atom. The summed E-state index contributed by atoms with van der Waals surface area (Å²) in [6.07, 6.45) is 5.08. The summed E-state index contributed by atoms with van der Waals surface area (Å²) in [5.74, 6) is -0.336. The Hall–Kier alpha value is -2.67. The van der Waals surface area contributed by atoms with Crippen LogP contribution in [0.3, 0.4) is 0 Å². The number of ketones is 1. The zero-order valence-electron chi connectivity index (χ0n) is 16.4. The van der Waals surface area contributed by atoms with Crippen LogP contribution in [0.2, 0.25) is 0 Å². The van der Waals surface area contributed by atoms with Gasteiger partial charge in [-0.05, 0) is 42.2 Å². The van der Waals surface area contributed by atoms with Crippen LogP contribution in [0.5, 0.6) is 5.75 Å². The fraction of sp³-hybridized carbons (Fsp3) is 0.348. The number of carbonyl (C=O) groups excluding carboxylic acids is 2. The van der Waals surface area contributed by atoms with Crippen molar-refractivity contribution in [3.8, 4) is 5.75 Å². The van der Waals surface area contributed by atoms with Crippen molar-refractivity contribution in [2.75, 3.05) is 0 Å². The topological polar surface area (TPSA) is 86.3 Å². The molecule has 30 heavy (non-hydrogen) atoms. The number of amides is 1. The molecule has 1 saturated carbocycles. The number of hydrogen-bond donors (Lipinski definition) is 2. The van der Waals surface area contributed by atoms with E-state index in [2.05, 4.69) is 26.1 Å². The van der Waals surface area contributed by atoms with Gasteiger partial charge in [-0.3, -0.25) is 14.7 Å². The molecule has 1 aromatic heterocycles. The van der Waals surface area contributed by atoms with E-state index < -0.39 is 0 Å². The van der Waals surface area contributed by atoms with Crippen molar-refractivity contribution < 1.29 is 14.7 Å². The zero-order valence-corrected chi connectivity index (χ0v) is 18.0. The van der Waals surface area contributed by atoms with Crippen LogP contribution < -0.4 is 0 Å². The Morgan fingerprint density at radius 2 is 1.83 bits per heavy atom. The number of rotatable bonds is 3. The predicted molar refractivity (Wildman–Crippen MR) is 116 cm³/mol. The molecule has 2 aliphatic rings. The van der Waals surface area contributed by atoms with Gasteiger partial charge in [-0.1, -0.05) is 41.3 Å². The first-order valence-electron chi connectivity index (χ1n) is 10.3. The molecule has 0 spiro atoms. The molecular formula is C23H22BrN3O3. The minimum absolute atomic E-state index is 0.00951. The van der Waals surface area contributed by atoms with Crippen LogP contribution >= 0.6 is 15.9 Å². The number of halogens is 1. The van der Waals surface area contributed by atoms with Gasteiger partial charge >= 0.3 is 0 Å². The first-order chi connectivity index (χ1) is 14.5. The summed E-state index contributed by atoms with van der Waals surface area (Å²) in [7, 11) is 0. The van der Waals surface area contributed by atoms with Crippen LogP contribution in [-0.4, -0.2) is 31.9 Å². The summed E-state index contributed by atoms with van der Waals surface area (Å²) in [4.78, 5) is 28.0. The number of benzene rings is 2. The number of phenols is 1. The van der Waals surface area contributed by atoms with E-state index in [1.807, 2.05) is 18.2 Å². The second-order valence-corrected chi connectivity index (χ2v) is 9.18. The summed E-state index contributed by atoms with van der Waals surface area (Å²) in [6.45, 7) is 0.989. The standard InChI is InChI=1S/C23H22BrN3O3/c24-16-7-6-14-11-27(12-15(14)8-16)23(30)18-9-17-19(10-20(18)28)25-26-21(17)22(29)13-4-2-1-3-5-13/h6-10,13,28H,1-5,11-12H2,(H,25,26). The molecule has 0 bridgehead atoms. The van der Waals surface area contributed by atoms with Gasteiger partial charge in [-0.25, -0.2) is 0 Å². The van der Waals surface area contributed by atoms with Crippen LogP contribution in [0.15, 0.2) is 34.8 Å². The molecule has 1 aliphatic carbocycles. The fourth-order valence-electron chi connectivity index (χ4n) is 4.65. The van der Waals surface area contributed by atoms with E-state index in [1.54, 1.807) is 11.0 Å². The Balaban J connectivity index is 1.47. The van der Waals surface area contributed by atoms with E-state index in [1.165, 1.54) is 12.5 Å². The van der Waals surface area contributed by atoms with Gasteiger partial charge in [-0.15, -0.1) is 0 Å². The summed E-state index contributed by atoms with van der Waals surface area (Å²) < 4.78 is 0.976. The predicted octanol–water partition coefficient (Wildman–Crippen LogP) is 4.95. The van der Waals surface area contributed by atoms with Crippen LogP contribution in [0, 0.1) is 5.92 Å². The quantitative estimate of drug-likeness (QED) is 0.533. The van der Waals surface area contributed by atoms with Crippen molar-refractivity contribution >= 4 is 38.5 Å². The van der Waals surface area contributed by atoms with Crippen molar-refractivity contribution in [1.82, 2.24) is 15.1 Å². The highest BCUT2D eigenvalue weighted by Crippen LogP contribution is 2.33. The maximum atomic E-state index is 13.2. The molecule has 3 aromatic rings. The Labute approximate surface area is 182 Å². The Bertz CT molecular complexity index is 1160. The minimum Gasteiger partial charge on any atom is -0.507 e. The molecule has 2 aromatic carbocycles. The number of carbonyl (C=O) groups is 2. The average Bonchev–Trinajstić information content (AvgIpc) is 3.36. The van der Waals surface area contributed by atoms with Gasteiger partial charge in [-0.2, -0.15) is 5.10 Å². The monoisotopic (exact) mass is 467 g/mol. The number of phenolic OH excluding ortho intramolecular Hbond substituents is 1. The largest absolute Gasteiger partial charge is 0.507 e. The number of Topliss-reactive ketones (excluding diaryl/α,β-unsaturated/α-hetero) is 1. The number of aromatic amines is 1. The molecule has 2 N–H and O–H groups in total. The Kier molecular flexibility index (Phi) is 4.85. The average molecular weight is 468 g/mol. The Morgan fingerprint density at radius 3 is 2.63 bits per heavy atom. The first kappa shape index (κ1) is 19.3. The summed E-state index contributed by atoms with van der Waals surface area (Å²) in [5.41, 5.74) is 3.34. The highest BCUT2D eigenvalue weighted by atomic mass is 79.9. The van der Waals surface area contributed by atoms with Gasteiger partial charge in [0.1, 0.15) is 11.4 Å². The maximum absolute atomic E-state index is 13.2. The molecule has 2 heterocycles. The van der Waals surface area contributed by atoms with Gasteiger partial charge in [0.2, 0.25) is 0 Å². The molecule has 0 unspecified atom stereocenters. The molecule has 1 aliphatic heterocycles. The molecule has 6 nitrogen and oxygen atoms in total. The number of hydrogen-bond acceptors (Lipinski definition) is 4. The molecule has 5 rings (SSSR count). The molecule has 7 heteroatoms. The number of nitrogens with zero attached hydrogens (tertiary/aromatic N) is 2. The first-order valence-corrected chi connectivity index (χ1v) is 11.1. The number of aromatic hydroxyl groups is 1. The third-order valence-electron chi connectivity index (χ3n) is 6.30. The maximum Gasteiger partial charge on any atom is 0.258 e. The minimum atomic E-state index is -0.251. The summed E-state index contributed by atoms with van der Waals surface area (Å²) >= 11 is 3.47. The molecular weight excluding hydrogens is 446 g/mol. The van der Waals surface area contributed by atoms with Crippen LogP contribution in [0.25, 0.3) is 10.9 Å². The van der Waals surface area contributed by atoms with Crippen LogP contribution in [0.4, 0.5) is 0 Å². The van der Waals surface area contributed by atoms with E-state index in [0.717, 1.165) is 41.3 Å². The molecule has 154 valence electrons. The van der Waals surface area contributed by atoms with Crippen molar-refractivity contribution in [3.63, 3.8) is 0 Å². The van der Waals surface area contributed by atoms with E-state index in [0.29, 0.717) is 29.7 Å². The van der Waals surface area contributed by atoms with Crippen molar-refractivity contribution in [2.24, 2.45) is 5.92 Å². The molecule has 0 atom stereocenters. The van der Waals surface area contributed by atoms with E-state index >= 15 is 0 Å².